The lowest BCUT2D eigenvalue weighted by molar-refractivity contribution is 0.365. The molecule has 2 rings (SSSR count). The Labute approximate surface area is 115 Å². The molecule has 1 aromatic rings. The molecule has 1 heterocycles. The first kappa shape index (κ1) is 14.0. The average Bonchev–Trinajstić information content (AvgIpc) is 2.72. The summed E-state index contributed by atoms with van der Waals surface area (Å²) in [6.07, 6.45) is 1.12. The lowest BCUT2D eigenvalue weighted by atomic mass is 9.88. The molecule has 1 atom stereocenters. The third kappa shape index (κ3) is 2.37. The number of benzene rings is 1. The first-order valence-electron chi connectivity index (χ1n) is 6.74. The fourth-order valence-electron chi connectivity index (χ4n) is 2.99. The molecule has 4 nitrogen and oxygen atoms in total. The van der Waals surface area contributed by atoms with Gasteiger partial charge in [-0.05, 0) is 44.9 Å². The van der Waals surface area contributed by atoms with Crippen molar-refractivity contribution in [2.45, 2.75) is 25.8 Å². The van der Waals surface area contributed by atoms with Gasteiger partial charge in [0.25, 0.3) is 0 Å². The number of ether oxygens (including phenoxy) is 2. The van der Waals surface area contributed by atoms with E-state index in [4.69, 9.17) is 15.2 Å². The molecular formula is C15H24N2O2. The van der Waals surface area contributed by atoms with Crippen LogP contribution in [-0.4, -0.2) is 32.8 Å². The highest BCUT2D eigenvalue weighted by Gasteiger charge is 2.41. The van der Waals surface area contributed by atoms with Gasteiger partial charge in [0.15, 0.2) is 0 Å². The van der Waals surface area contributed by atoms with E-state index in [0.29, 0.717) is 5.92 Å². The van der Waals surface area contributed by atoms with Crippen molar-refractivity contribution in [3.05, 3.63) is 18.2 Å². The molecule has 106 valence electrons. The molecule has 4 heteroatoms. The van der Waals surface area contributed by atoms with Crippen molar-refractivity contribution in [1.29, 1.82) is 0 Å². The molecule has 1 aliphatic rings. The maximum Gasteiger partial charge on any atom is 0.145 e. The minimum absolute atomic E-state index is 0.0522. The lowest BCUT2D eigenvalue weighted by Gasteiger charge is -2.38. The molecule has 0 bridgehead atoms. The van der Waals surface area contributed by atoms with Crippen LogP contribution in [0.3, 0.4) is 0 Å². The Kier molecular flexibility index (Phi) is 3.90. The number of nitrogens with zero attached hydrogens (tertiary/aromatic N) is 1. The second-order valence-corrected chi connectivity index (χ2v) is 5.56. The van der Waals surface area contributed by atoms with Crippen LogP contribution in [0.4, 0.5) is 5.69 Å². The van der Waals surface area contributed by atoms with Crippen LogP contribution in [0, 0.1) is 5.92 Å². The van der Waals surface area contributed by atoms with Crippen LogP contribution in [0.25, 0.3) is 0 Å². The van der Waals surface area contributed by atoms with Gasteiger partial charge in [-0.3, -0.25) is 0 Å². The van der Waals surface area contributed by atoms with Crippen molar-refractivity contribution in [3.63, 3.8) is 0 Å². The van der Waals surface area contributed by atoms with Crippen molar-refractivity contribution in [3.8, 4) is 11.5 Å². The number of methoxy groups -OCH3 is 2. The minimum atomic E-state index is 0.0522. The molecule has 0 aliphatic carbocycles. The quantitative estimate of drug-likeness (QED) is 0.906. The van der Waals surface area contributed by atoms with Crippen molar-refractivity contribution in [1.82, 2.24) is 0 Å². The summed E-state index contributed by atoms with van der Waals surface area (Å²) < 4.78 is 10.8. The normalized spacial score (nSPS) is 21.5. The van der Waals surface area contributed by atoms with Gasteiger partial charge in [-0.1, -0.05) is 0 Å². The smallest absolute Gasteiger partial charge is 0.145 e. The van der Waals surface area contributed by atoms with Crippen LogP contribution in [0.2, 0.25) is 0 Å². The van der Waals surface area contributed by atoms with Gasteiger partial charge in [0.05, 0.1) is 19.9 Å². The van der Waals surface area contributed by atoms with E-state index in [1.165, 1.54) is 0 Å². The summed E-state index contributed by atoms with van der Waals surface area (Å²) in [6.45, 7) is 6.24. The fraction of sp³-hybridized carbons (Fsp3) is 0.600. The zero-order chi connectivity index (χ0) is 14.0. The van der Waals surface area contributed by atoms with E-state index in [1.807, 2.05) is 12.1 Å². The summed E-state index contributed by atoms with van der Waals surface area (Å²) in [4.78, 5) is 2.39. The molecule has 0 aromatic heterocycles. The molecule has 2 N–H and O–H groups in total. The van der Waals surface area contributed by atoms with Crippen LogP contribution in [0.1, 0.15) is 20.3 Å². The number of rotatable bonds is 4. The van der Waals surface area contributed by atoms with E-state index in [2.05, 4.69) is 24.8 Å². The summed E-state index contributed by atoms with van der Waals surface area (Å²) in [5.41, 5.74) is 7.06. The summed E-state index contributed by atoms with van der Waals surface area (Å²) in [5, 5.41) is 0. The zero-order valence-electron chi connectivity index (χ0n) is 12.3. The molecule has 1 unspecified atom stereocenters. The second kappa shape index (κ2) is 5.29. The Bertz CT molecular complexity index is 446. The van der Waals surface area contributed by atoms with Gasteiger partial charge < -0.3 is 20.1 Å². The minimum Gasteiger partial charge on any atom is -0.497 e. The summed E-state index contributed by atoms with van der Waals surface area (Å²) in [7, 11) is 3.36. The third-order valence-electron chi connectivity index (χ3n) is 4.36. The zero-order valence-corrected chi connectivity index (χ0v) is 12.3. The Balaban J connectivity index is 2.37. The molecule has 1 aromatic carbocycles. The molecule has 1 aliphatic heterocycles. The van der Waals surface area contributed by atoms with Gasteiger partial charge in [-0.2, -0.15) is 0 Å². The Morgan fingerprint density at radius 2 is 2.05 bits per heavy atom. The van der Waals surface area contributed by atoms with Gasteiger partial charge in [0.2, 0.25) is 0 Å². The van der Waals surface area contributed by atoms with E-state index >= 15 is 0 Å². The fourth-order valence-corrected chi connectivity index (χ4v) is 2.99. The predicted octanol–water partition coefficient (Wildman–Crippen LogP) is 2.27. The number of hydrogen-bond donors (Lipinski definition) is 1. The first-order chi connectivity index (χ1) is 9.04. The molecule has 1 saturated heterocycles. The molecule has 0 amide bonds. The Hall–Kier alpha value is -1.42. The highest BCUT2D eigenvalue weighted by molar-refractivity contribution is 5.63. The number of nitrogens with two attached hydrogens (primary N) is 1. The van der Waals surface area contributed by atoms with Crippen LogP contribution in [0.5, 0.6) is 11.5 Å². The van der Waals surface area contributed by atoms with Crippen molar-refractivity contribution in [2.75, 3.05) is 32.2 Å². The van der Waals surface area contributed by atoms with Gasteiger partial charge in [0.1, 0.15) is 11.5 Å². The lowest BCUT2D eigenvalue weighted by Crippen LogP contribution is -2.44. The third-order valence-corrected chi connectivity index (χ3v) is 4.36. The van der Waals surface area contributed by atoms with Gasteiger partial charge in [0, 0.05) is 18.2 Å². The summed E-state index contributed by atoms with van der Waals surface area (Å²) in [5.74, 6) is 2.18. The van der Waals surface area contributed by atoms with E-state index < -0.39 is 0 Å². The first-order valence-corrected chi connectivity index (χ1v) is 6.74. The van der Waals surface area contributed by atoms with E-state index in [9.17, 15) is 0 Å². The molecule has 19 heavy (non-hydrogen) atoms. The van der Waals surface area contributed by atoms with Gasteiger partial charge in [-0.15, -0.1) is 0 Å². The Morgan fingerprint density at radius 1 is 1.32 bits per heavy atom. The van der Waals surface area contributed by atoms with Crippen LogP contribution in [-0.2, 0) is 0 Å². The van der Waals surface area contributed by atoms with E-state index in [1.54, 1.807) is 14.2 Å². The molecule has 1 fully saturated rings. The molecular weight excluding hydrogens is 240 g/mol. The van der Waals surface area contributed by atoms with Gasteiger partial charge in [-0.25, -0.2) is 0 Å². The number of anilines is 1. The largest absolute Gasteiger partial charge is 0.497 e. The van der Waals surface area contributed by atoms with Crippen LogP contribution >= 0.6 is 0 Å². The average molecular weight is 264 g/mol. The number of hydrogen-bond acceptors (Lipinski definition) is 4. The monoisotopic (exact) mass is 264 g/mol. The SMILES string of the molecule is COc1ccc(N2CCC(CN)C2(C)C)c(OC)c1. The molecule has 0 radical (unpaired) electrons. The van der Waals surface area contributed by atoms with Crippen LogP contribution in [0.15, 0.2) is 18.2 Å². The highest BCUT2D eigenvalue weighted by Crippen LogP contribution is 2.42. The van der Waals surface area contributed by atoms with Crippen molar-refractivity contribution < 1.29 is 9.47 Å². The Morgan fingerprint density at radius 3 is 2.58 bits per heavy atom. The standard InChI is InChI=1S/C15H24N2O2/c1-15(2)11(10-16)7-8-17(15)13-6-5-12(18-3)9-14(13)19-4/h5-6,9,11H,7-8,10,16H2,1-4H3. The maximum atomic E-state index is 5.89. The van der Waals surface area contributed by atoms with Crippen molar-refractivity contribution in [2.24, 2.45) is 11.7 Å². The van der Waals surface area contributed by atoms with Gasteiger partial charge >= 0.3 is 0 Å². The second-order valence-electron chi connectivity index (χ2n) is 5.56. The summed E-state index contributed by atoms with van der Waals surface area (Å²) >= 11 is 0. The maximum absolute atomic E-state index is 5.89. The van der Waals surface area contributed by atoms with Crippen LogP contribution < -0.4 is 20.1 Å². The highest BCUT2D eigenvalue weighted by atomic mass is 16.5. The predicted molar refractivity (Wildman–Crippen MR) is 78.1 cm³/mol. The molecule has 0 spiro atoms. The van der Waals surface area contributed by atoms with Crippen molar-refractivity contribution >= 4 is 5.69 Å². The topological polar surface area (TPSA) is 47.7 Å². The van der Waals surface area contributed by atoms with E-state index in [0.717, 1.165) is 36.7 Å². The summed E-state index contributed by atoms with van der Waals surface area (Å²) in [6, 6.07) is 5.98. The molecule has 0 saturated carbocycles. The van der Waals surface area contributed by atoms with E-state index in [-0.39, 0.29) is 5.54 Å².